The van der Waals surface area contributed by atoms with E-state index in [0.717, 1.165) is 19.3 Å². The van der Waals surface area contributed by atoms with E-state index in [4.69, 9.17) is 0 Å². The van der Waals surface area contributed by atoms with Crippen molar-refractivity contribution in [1.29, 1.82) is 0 Å². The van der Waals surface area contributed by atoms with E-state index in [2.05, 4.69) is 23.5 Å². The van der Waals surface area contributed by atoms with Crippen molar-refractivity contribution in [3.63, 3.8) is 0 Å². The summed E-state index contributed by atoms with van der Waals surface area (Å²) >= 11 is 0. The maximum absolute atomic E-state index is 12.3. The average Bonchev–Trinajstić information content (AvgIpc) is 3.02. The number of ketones is 1. The van der Waals surface area contributed by atoms with Crippen molar-refractivity contribution in [2.45, 2.75) is 96.1 Å². The maximum atomic E-state index is 12.3. The Kier molecular flexibility index (Phi) is 10.6. The molecule has 0 bridgehead atoms. The topological polar surface area (TPSA) is 107 Å². The second kappa shape index (κ2) is 12.4. The molecule has 0 aromatic carbocycles. The summed E-state index contributed by atoms with van der Waals surface area (Å²) in [5.41, 5.74) is -0.254. The second-order valence-electron chi connectivity index (χ2n) is 7.88. The molecular weight excluding hydrogens is 374 g/mol. The summed E-state index contributed by atoms with van der Waals surface area (Å²) in [6, 6.07) is 0. The van der Waals surface area contributed by atoms with Gasteiger partial charge < -0.3 is 9.84 Å². The lowest BCUT2D eigenvalue weighted by atomic mass is 9.86. The van der Waals surface area contributed by atoms with Gasteiger partial charge in [-0.05, 0) is 32.1 Å². The van der Waals surface area contributed by atoms with Crippen LogP contribution < -0.4 is 0 Å². The number of ether oxygens (including phenoxy) is 1. The van der Waals surface area contributed by atoms with Crippen LogP contribution in [-0.4, -0.2) is 40.5 Å². The van der Waals surface area contributed by atoms with Crippen molar-refractivity contribution >= 4 is 11.8 Å². The zero-order valence-corrected chi connectivity index (χ0v) is 17.8. The van der Waals surface area contributed by atoms with Crippen LogP contribution in [0, 0.1) is 22.0 Å². The lowest BCUT2D eigenvalue weighted by molar-refractivity contribution is -0.566. The molecule has 0 aromatic rings. The first-order valence-corrected chi connectivity index (χ1v) is 10.4. The molecule has 0 aromatic heterocycles. The molecule has 1 N–H and O–H groups in total. The van der Waals surface area contributed by atoms with E-state index < -0.39 is 11.6 Å². The van der Waals surface area contributed by atoms with Crippen molar-refractivity contribution in [2.75, 3.05) is 7.11 Å². The molecule has 0 saturated carbocycles. The van der Waals surface area contributed by atoms with Gasteiger partial charge in [0, 0.05) is 48.7 Å². The highest BCUT2D eigenvalue weighted by atomic mass is 16.6. The van der Waals surface area contributed by atoms with E-state index in [1.165, 1.54) is 14.0 Å². The molecule has 29 heavy (non-hydrogen) atoms. The molecule has 7 nitrogen and oxygen atoms in total. The average molecular weight is 408 g/mol. The largest absolute Gasteiger partial charge is 0.469 e. The van der Waals surface area contributed by atoms with Gasteiger partial charge in [0.25, 0.3) is 0 Å². The number of hydrogen-bond acceptors (Lipinski definition) is 6. The number of methoxy groups -OCH3 is 1. The van der Waals surface area contributed by atoms with E-state index in [9.17, 15) is 24.8 Å². The van der Waals surface area contributed by atoms with E-state index in [1.54, 1.807) is 0 Å². The Morgan fingerprint density at radius 2 is 2.03 bits per heavy atom. The van der Waals surface area contributed by atoms with Gasteiger partial charge in [-0.15, -0.1) is 0 Å². The monoisotopic (exact) mass is 407 g/mol. The molecule has 0 fully saturated rings. The van der Waals surface area contributed by atoms with Gasteiger partial charge in [0.15, 0.2) is 5.78 Å². The lowest BCUT2D eigenvalue weighted by Crippen LogP contribution is -2.36. The van der Waals surface area contributed by atoms with Crippen molar-refractivity contribution in [3.05, 3.63) is 21.3 Å². The van der Waals surface area contributed by atoms with Gasteiger partial charge in [-0.1, -0.05) is 31.6 Å². The standard InChI is InChI=1S/C22H33NO6/c1-4-5-6-9-18(24)13-11-17-12-14-20(25)19(17)16-22(2,23(27)28)15-8-7-10-21(26)29-3/h18,24H,4-10,12,14-16H2,1-3H3. The van der Waals surface area contributed by atoms with Crippen molar-refractivity contribution < 1.29 is 24.4 Å². The van der Waals surface area contributed by atoms with Gasteiger partial charge in [-0.2, -0.15) is 0 Å². The molecule has 1 rings (SSSR count). The molecular formula is C22H33NO6. The van der Waals surface area contributed by atoms with E-state index >= 15 is 0 Å². The highest BCUT2D eigenvalue weighted by molar-refractivity contribution is 5.99. The Bertz CT molecular complexity index is 687. The van der Waals surface area contributed by atoms with Crippen LogP contribution in [0.1, 0.15) is 84.5 Å². The predicted molar refractivity (Wildman–Crippen MR) is 110 cm³/mol. The summed E-state index contributed by atoms with van der Waals surface area (Å²) in [6.45, 7) is 3.62. The van der Waals surface area contributed by atoms with Gasteiger partial charge in [0.05, 0.1) is 7.11 Å². The van der Waals surface area contributed by atoms with Crippen LogP contribution in [0.15, 0.2) is 11.1 Å². The van der Waals surface area contributed by atoms with E-state index in [1.807, 2.05) is 0 Å². The minimum Gasteiger partial charge on any atom is -0.469 e. The number of nitro groups is 1. The number of aliphatic hydroxyl groups excluding tert-OH is 1. The zero-order chi connectivity index (χ0) is 21.9. The maximum Gasteiger partial charge on any atom is 0.305 e. The molecule has 0 heterocycles. The summed E-state index contributed by atoms with van der Waals surface area (Å²) in [4.78, 5) is 34.9. The van der Waals surface area contributed by atoms with Crippen molar-refractivity contribution in [1.82, 2.24) is 0 Å². The first-order valence-electron chi connectivity index (χ1n) is 10.4. The fourth-order valence-electron chi connectivity index (χ4n) is 3.38. The van der Waals surface area contributed by atoms with Gasteiger partial charge in [0.2, 0.25) is 5.54 Å². The van der Waals surface area contributed by atoms with Crippen LogP contribution in [0.5, 0.6) is 0 Å². The summed E-state index contributed by atoms with van der Waals surface area (Å²) in [5.74, 6) is 5.27. The van der Waals surface area contributed by atoms with Crippen LogP contribution >= 0.6 is 0 Å². The molecule has 0 saturated heterocycles. The van der Waals surface area contributed by atoms with Gasteiger partial charge >= 0.3 is 5.97 Å². The SMILES string of the molecule is CCCCCC(O)C#CC1=C(CC(C)(CCCCC(=O)OC)[N+](=O)[O-])C(=O)CC1. The Balaban J connectivity index is 2.83. The number of hydrogen-bond donors (Lipinski definition) is 1. The first kappa shape index (κ1) is 24.8. The minimum absolute atomic E-state index is 0.0208. The van der Waals surface area contributed by atoms with Crippen LogP contribution in [0.25, 0.3) is 0 Å². The molecule has 0 amide bonds. The predicted octanol–water partition coefficient (Wildman–Crippen LogP) is 3.75. The molecule has 1 aliphatic rings. The molecule has 2 unspecified atom stereocenters. The minimum atomic E-state index is -1.29. The number of unbranched alkanes of at least 4 members (excludes halogenated alkanes) is 3. The summed E-state index contributed by atoms with van der Waals surface area (Å²) in [5, 5.41) is 21.7. The fourth-order valence-corrected chi connectivity index (χ4v) is 3.38. The van der Waals surface area contributed by atoms with Gasteiger partial charge in [0.1, 0.15) is 6.10 Å². The second-order valence-corrected chi connectivity index (χ2v) is 7.88. The number of carbonyl (C=O) groups is 2. The number of carbonyl (C=O) groups excluding carboxylic acids is 2. The van der Waals surface area contributed by atoms with Crippen LogP contribution in [-0.2, 0) is 14.3 Å². The van der Waals surface area contributed by atoms with E-state index in [-0.39, 0.29) is 35.9 Å². The Labute approximate surface area is 173 Å². The number of rotatable bonds is 12. The van der Waals surface area contributed by atoms with Crippen LogP contribution in [0.3, 0.4) is 0 Å². The molecule has 0 spiro atoms. The number of Topliss-reactive ketones (excluding diaryl/α,β-unsaturated/α-hetero) is 1. The third-order valence-corrected chi connectivity index (χ3v) is 5.35. The van der Waals surface area contributed by atoms with Gasteiger partial charge in [-0.3, -0.25) is 19.7 Å². The molecule has 0 aliphatic heterocycles. The third-order valence-electron chi connectivity index (χ3n) is 5.35. The smallest absolute Gasteiger partial charge is 0.305 e. The highest BCUT2D eigenvalue weighted by Gasteiger charge is 2.40. The van der Waals surface area contributed by atoms with Crippen LogP contribution in [0.4, 0.5) is 0 Å². The Morgan fingerprint density at radius 3 is 2.66 bits per heavy atom. The Hall–Kier alpha value is -2.20. The normalized spacial score (nSPS) is 16.8. The molecule has 162 valence electrons. The lowest BCUT2D eigenvalue weighted by Gasteiger charge is -2.21. The van der Waals surface area contributed by atoms with Crippen molar-refractivity contribution in [3.8, 4) is 11.8 Å². The number of aliphatic hydroxyl groups is 1. The highest BCUT2D eigenvalue weighted by Crippen LogP contribution is 2.33. The van der Waals surface area contributed by atoms with Crippen LogP contribution in [0.2, 0.25) is 0 Å². The fraction of sp³-hybridized carbons (Fsp3) is 0.727. The van der Waals surface area contributed by atoms with E-state index in [0.29, 0.717) is 43.3 Å². The summed E-state index contributed by atoms with van der Waals surface area (Å²) in [6.07, 6.45) is 5.09. The summed E-state index contributed by atoms with van der Waals surface area (Å²) < 4.78 is 4.58. The molecule has 2 atom stereocenters. The molecule has 0 radical (unpaired) electrons. The number of esters is 1. The zero-order valence-electron chi connectivity index (χ0n) is 17.8. The quantitative estimate of drug-likeness (QED) is 0.174. The Morgan fingerprint density at radius 1 is 1.31 bits per heavy atom. The summed E-state index contributed by atoms with van der Waals surface area (Å²) in [7, 11) is 1.31. The number of allylic oxidation sites excluding steroid dienone is 1. The first-order chi connectivity index (χ1) is 13.7. The van der Waals surface area contributed by atoms with Gasteiger partial charge in [-0.25, -0.2) is 0 Å². The molecule has 7 heteroatoms. The third kappa shape index (κ3) is 8.36. The number of nitrogens with zero attached hydrogens (tertiary/aromatic N) is 1. The molecule has 1 aliphatic carbocycles. The van der Waals surface area contributed by atoms with Crippen molar-refractivity contribution in [2.24, 2.45) is 0 Å².